The minimum absolute atomic E-state index is 0.435. The molecular weight excluding hydrogens is 266 g/mol. The lowest BCUT2D eigenvalue weighted by molar-refractivity contribution is 0.557. The maximum absolute atomic E-state index is 4.38. The topological polar surface area (TPSA) is 29.9 Å². The van der Waals surface area contributed by atoms with Crippen molar-refractivity contribution < 1.29 is 0 Å². The first kappa shape index (κ1) is 13.8. The lowest BCUT2D eigenvalue weighted by Gasteiger charge is -2.15. The number of nitrogens with zero attached hydrogens (tertiary/aromatic N) is 2. The van der Waals surface area contributed by atoms with Gasteiger partial charge < -0.3 is 5.32 Å². The monoisotopic (exact) mass is 289 g/mol. The Bertz CT molecular complexity index is 549. The lowest BCUT2D eigenvalue weighted by Crippen LogP contribution is -2.22. The van der Waals surface area contributed by atoms with Gasteiger partial charge in [-0.15, -0.1) is 11.3 Å². The molecule has 2 aromatic heterocycles. The molecule has 0 radical (unpaired) electrons. The normalized spacial score (nSPS) is 15.5. The Hall–Kier alpha value is -1.13. The first-order valence-corrected chi connectivity index (χ1v) is 8.48. The number of hydrogen-bond acceptors (Lipinski definition) is 3. The van der Waals surface area contributed by atoms with Crippen molar-refractivity contribution in [1.29, 1.82) is 0 Å². The third-order valence-electron chi connectivity index (χ3n) is 4.01. The van der Waals surface area contributed by atoms with Gasteiger partial charge in [-0.2, -0.15) is 5.10 Å². The second-order valence-corrected chi connectivity index (χ2v) is 6.64. The van der Waals surface area contributed by atoms with Gasteiger partial charge in [0.2, 0.25) is 0 Å². The molecular formula is C16H23N3S. The zero-order valence-corrected chi connectivity index (χ0v) is 13.2. The fraction of sp³-hybridized carbons (Fsp3) is 0.562. The van der Waals surface area contributed by atoms with Crippen LogP contribution in [0, 0.1) is 0 Å². The minimum Gasteiger partial charge on any atom is -0.309 e. The lowest BCUT2D eigenvalue weighted by atomic mass is 10.1. The van der Waals surface area contributed by atoms with Crippen LogP contribution in [0.25, 0.3) is 0 Å². The molecule has 0 aliphatic heterocycles. The van der Waals surface area contributed by atoms with Gasteiger partial charge in [-0.1, -0.05) is 6.92 Å². The van der Waals surface area contributed by atoms with Crippen molar-refractivity contribution in [2.45, 2.75) is 52.1 Å². The molecule has 0 spiro atoms. The van der Waals surface area contributed by atoms with Crippen molar-refractivity contribution in [2.24, 2.45) is 0 Å². The molecule has 2 aromatic rings. The van der Waals surface area contributed by atoms with E-state index in [0.717, 1.165) is 19.5 Å². The number of hydrogen-bond donors (Lipinski definition) is 1. The van der Waals surface area contributed by atoms with Crippen molar-refractivity contribution in [3.05, 3.63) is 39.3 Å². The van der Waals surface area contributed by atoms with E-state index in [4.69, 9.17) is 0 Å². The fourth-order valence-corrected chi connectivity index (χ4v) is 4.30. The average molecular weight is 289 g/mol. The molecule has 3 rings (SSSR count). The molecule has 0 bridgehead atoms. The second kappa shape index (κ2) is 6.10. The highest BCUT2D eigenvalue weighted by atomic mass is 32.1. The predicted octanol–water partition coefficient (Wildman–Crippen LogP) is 3.35. The molecule has 1 atom stereocenters. The van der Waals surface area contributed by atoms with E-state index >= 15 is 0 Å². The molecule has 0 amide bonds. The smallest absolute Gasteiger partial charge is 0.0522 e. The van der Waals surface area contributed by atoms with Gasteiger partial charge in [0, 0.05) is 28.5 Å². The summed E-state index contributed by atoms with van der Waals surface area (Å²) in [5.74, 6) is 0. The summed E-state index contributed by atoms with van der Waals surface area (Å²) in [7, 11) is 0. The zero-order valence-electron chi connectivity index (χ0n) is 12.4. The quantitative estimate of drug-likeness (QED) is 0.884. The summed E-state index contributed by atoms with van der Waals surface area (Å²) in [5.41, 5.74) is 2.92. The molecule has 0 saturated heterocycles. The van der Waals surface area contributed by atoms with Crippen molar-refractivity contribution >= 4 is 11.3 Å². The molecule has 3 nitrogen and oxygen atoms in total. The fourth-order valence-electron chi connectivity index (χ4n) is 2.96. The van der Waals surface area contributed by atoms with E-state index in [2.05, 4.69) is 36.5 Å². The van der Waals surface area contributed by atoms with Crippen LogP contribution in [0.5, 0.6) is 0 Å². The molecule has 1 N–H and O–H groups in total. The first-order valence-electron chi connectivity index (χ1n) is 7.66. The molecule has 1 aliphatic carbocycles. The Kier molecular flexibility index (Phi) is 4.22. The van der Waals surface area contributed by atoms with Crippen LogP contribution in [-0.4, -0.2) is 16.3 Å². The van der Waals surface area contributed by atoms with Gasteiger partial charge in [-0.25, -0.2) is 0 Å². The largest absolute Gasteiger partial charge is 0.309 e. The number of thiophene rings is 1. The molecule has 108 valence electrons. The van der Waals surface area contributed by atoms with Crippen LogP contribution in [0.1, 0.15) is 47.2 Å². The minimum atomic E-state index is 0.435. The van der Waals surface area contributed by atoms with Crippen LogP contribution in [0.3, 0.4) is 0 Å². The Balaban J connectivity index is 1.77. The third kappa shape index (κ3) is 2.81. The van der Waals surface area contributed by atoms with E-state index in [1.54, 1.807) is 10.4 Å². The Morgan fingerprint density at radius 1 is 1.40 bits per heavy atom. The average Bonchev–Trinajstić information content (AvgIpc) is 3.13. The number of rotatable bonds is 6. The molecule has 4 heteroatoms. The van der Waals surface area contributed by atoms with E-state index in [-0.39, 0.29) is 0 Å². The highest BCUT2D eigenvalue weighted by Gasteiger charge is 2.20. The molecule has 0 saturated carbocycles. The predicted molar refractivity (Wildman–Crippen MR) is 84.4 cm³/mol. The third-order valence-corrected chi connectivity index (χ3v) is 5.36. The van der Waals surface area contributed by atoms with Crippen LogP contribution in [0.4, 0.5) is 0 Å². The van der Waals surface area contributed by atoms with Crippen LogP contribution < -0.4 is 5.32 Å². The van der Waals surface area contributed by atoms with Crippen LogP contribution in [0.15, 0.2) is 18.5 Å². The van der Waals surface area contributed by atoms with Gasteiger partial charge in [0.05, 0.1) is 6.20 Å². The van der Waals surface area contributed by atoms with Crippen LogP contribution in [0.2, 0.25) is 0 Å². The van der Waals surface area contributed by atoms with E-state index in [0.29, 0.717) is 6.04 Å². The van der Waals surface area contributed by atoms with Gasteiger partial charge in [0.15, 0.2) is 0 Å². The Labute approximate surface area is 125 Å². The summed E-state index contributed by atoms with van der Waals surface area (Å²) in [6.45, 7) is 6.26. The van der Waals surface area contributed by atoms with Gasteiger partial charge in [0.25, 0.3) is 0 Å². The van der Waals surface area contributed by atoms with Gasteiger partial charge in [0.1, 0.15) is 0 Å². The Morgan fingerprint density at radius 2 is 2.30 bits per heavy atom. The van der Waals surface area contributed by atoms with Crippen molar-refractivity contribution in [1.82, 2.24) is 15.1 Å². The van der Waals surface area contributed by atoms with E-state index in [1.165, 1.54) is 29.7 Å². The maximum Gasteiger partial charge on any atom is 0.0522 e. The van der Waals surface area contributed by atoms with E-state index < -0.39 is 0 Å². The van der Waals surface area contributed by atoms with Gasteiger partial charge in [-0.3, -0.25) is 4.68 Å². The van der Waals surface area contributed by atoms with Gasteiger partial charge >= 0.3 is 0 Å². The summed E-state index contributed by atoms with van der Waals surface area (Å²) < 4.78 is 2.01. The van der Waals surface area contributed by atoms with Crippen LogP contribution in [-0.2, 0) is 25.8 Å². The number of aryl methyl sites for hydroxylation is 3. The zero-order chi connectivity index (χ0) is 13.9. The molecule has 2 heterocycles. The van der Waals surface area contributed by atoms with Gasteiger partial charge in [-0.05, 0) is 56.3 Å². The summed E-state index contributed by atoms with van der Waals surface area (Å²) in [6, 6.07) is 2.87. The summed E-state index contributed by atoms with van der Waals surface area (Å²) in [5, 5.41) is 8.02. The number of fused-ring (bicyclic) bond motifs is 1. The summed E-state index contributed by atoms with van der Waals surface area (Å²) in [6.07, 6.45) is 9.12. The molecule has 1 aliphatic rings. The molecule has 1 unspecified atom stereocenters. The van der Waals surface area contributed by atoms with Crippen molar-refractivity contribution in [2.75, 3.05) is 6.54 Å². The highest BCUT2D eigenvalue weighted by molar-refractivity contribution is 7.12. The SMILES string of the molecule is CCNC(Cc1cnn(CC)c1)c1cc2c(s1)CCC2. The van der Waals surface area contributed by atoms with E-state index in [1.807, 2.05) is 22.2 Å². The first-order chi connectivity index (χ1) is 9.80. The number of likely N-dealkylation sites (N-methyl/N-ethyl adjacent to an activating group) is 1. The van der Waals surface area contributed by atoms with Crippen molar-refractivity contribution in [3.63, 3.8) is 0 Å². The maximum atomic E-state index is 4.38. The van der Waals surface area contributed by atoms with Crippen molar-refractivity contribution in [3.8, 4) is 0 Å². The van der Waals surface area contributed by atoms with E-state index in [9.17, 15) is 0 Å². The Morgan fingerprint density at radius 3 is 3.00 bits per heavy atom. The van der Waals surface area contributed by atoms with Crippen LogP contribution >= 0.6 is 11.3 Å². The molecule has 0 aromatic carbocycles. The molecule has 20 heavy (non-hydrogen) atoms. The second-order valence-electron chi connectivity index (χ2n) is 5.47. The standard InChI is InChI=1S/C16H23N3S/c1-3-17-14(8-12-10-18-19(4-2)11-12)16-9-13-6-5-7-15(13)20-16/h9-11,14,17H,3-8H2,1-2H3. The number of aromatic nitrogens is 2. The summed E-state index contributed by atoms with van der Waals surface area (Å²) >= 11 is 2.01. The molecule has 0 fully saturated rings. The highest BCUT2D eigenvalue weighted by Crippen LogP contribution is 2.34. The number of nitrogens with one attached hydrogen (secondary N) is 1. The summed E-state index contributed by atoms with van der Waals surface area (Å²) in [4.78, 5) is 3.12.